The monoisotopic (exact) mass is 437 g/mol. The molecule has 0 aromatic carbocycles. The maximum absolute atomic E-state index is 14.0. The van der Waals surface area contributed by atoms with E-state index in [0.29, 0.717) is 50.3 Å². The van der Waals surface area contributed by atoms with Gasteiger partial charge in [-0.25, -0.2) is 9.37 Å². The van der Waals surface area contributed by atoms with Crippen LogP contribution in [0.5, 0.6) is 0 Å². The summed E-state index contributed by atoms with van der Waals surface area (Å²) in [5.41, 5.74) is 7.53. The summed E-state index contributed by atoms with van der Waals surface area (Å²) in [5.74, 6) is -0.668. The van der Waals surface area contributed by atoms with Crippen molar-refractivity contribution in [1.29, 1.82) is 0 Å². The first-order valence-electron chi connectivity index (χ1n) is 10.2. The van der Waals surface area contributed by atoms with Crippen LogP contribution in [0.25, 0.3) is 0 Å². The number of anilines is 1. The van der Waals surface area contributed by atoms with Crippen molar-refractivity contribution in [3.05, 3.63) is 52.6 Å². The first kappa shape index (κ1) is 21.5. The third kappa shape index (κ3) is 4.79. The van der Waals surface area contributed by atoms with Gasteiger partial charge in [0.2, 0.25) is 0 Å². The van der Waals surface area contributed by atoms with Crippen LogP contribution in [-0.4, -0.2) is 46.6 Å². The molecule has 4 heterocycles. The van der Waals surface area contributed by atoms with Crippen LogP contribution in [0, 0.1) is 0 Å². The molecule has 1 saturated heterocycles. The number of nitrogens with two attached hydrogens (primary N) is 1. The standard InChI is InChI=1S/C21H23F4N5O/c22-14-2-1-6-30(11-14)18-9-16(20(26)31)28-17-12-29(7-4-15(17)18)10-13-3-5-27-19(8-13)21(23,24)25/h3,5,8-9,14H,1-2,4,6-7,10-12H2,(H2,26,31). The minimum absolute atomic E-state index is 0.111. The number of carbonyl (C=O) groups is 1. The predicted molar refractivity (Wildman–Crippen MR) is 106 cm³/mol. The Bertz CT molecular complexity index is 981. The van der Waals surface area contributed by atoms with E-state index in [1.165, 1.54) is 0 Å². The molecule has 0 spiro atoms. The van der Waals surface area contributed by atoms with Crippen molar-refractivity contribution >= 4 is 11.6 Å². The van der Waals surface area contributed by atoms with E-state index >= 15 is 0 Å². The molecule has 0 radical (unpaired) electrons. The summed E-state index contributed by atoms with van der Waals surface area (Å²) < 4.78 is 52.8. The molecule has 166 valence electrons. The summed E-state index contributed by atoms with van der Waals surface area (Å²) in [6, 6.07) is 4.23. The van der Waals surface area contributed by atoms with Crippen LogP contribution in [0.1, 0.15) is 45.8 Å². The van der Waals surface area contributed by atoms with Gasteiger partial charge in [-0.2, -0.15) is 13.2 Å². The number of piperidine rings is 1. The topological polar surface area (TPSA) is 75.4 Å². The van der Waals surface area contributed by atoms with Crippen molar-refractivity contribution in [3.8, 4) is 0 Å². The molecule has 1 atom stereocenters. The molecule has 6 nitrogen and oxygen atoms in total. The van der Waals surface area contributed by atoms with Crippen molar-refractivity contribution in [1.82, 2.24) is 14.9 Å². The van der Waals surface area contributed by atoms with E-state index in [0.717, 1.165) is 29.9 Å². The zero-order chi connectivity index (χ0) is 22.2. The summed E-state index contributed by atoms with van der Waals surface area (Å²) in [5, 5.41) is 0. The number of hydrogen-bond acceptors (Lipinski definition) is 5. The molecule has 0 aliphatic carbocycles. The van der Waals surface area contributed by atoms with Gasteiger partial charge < -0.3 is 10.6 Å². The molecule has 31 heavy (non-hydrogen) atoms. The largest absolute Gasteiger partial charge is 0.433 e. The molecule has 2 aliphatic heterocycles. The minimum atomic E-state index is -4.50. The molecule has 2 N–H and O–H groups in total. The summed E-state index contributed by atoms with van der Waals surface area (Å²) in [6.45, 7) is 2.21. The molecule has 4 rings (SSSR count). The van der Waals surface area contributed by atoms with Crippen molar-refractivity contribution in [2.45, 2.75) is 44.7 Å². The summed E-state index contributed by atoms with van der Waals surface area (Å²) >= 11 is 0. The number of primary amides is 1. The van der Waals surface area contributed by atoms with E-state index in [1.54, 1.807) is 12.1 Å². The highest BCUT2D eigenvalue weighted by Gasteiger charge is 2.33. The molecule has 1 amide bonds. The number of aromatic nitrogens is 2. The average molecular weight is 437 g/mol. The van der Waals surface area contributed by atoms with E-state index in [1.807, 2.05) is 9.80 Å². The van der Waals surface area contributed by atoms with Gasteiger partial charge in [0, 0.05) is 44.6 Å². The Morgan fingerprint density at radius 1 is 1.26 bits per heavy atom. The highest BCUT2D eigenvalue weighted by Crippen LogP contribution is 2.32. The summed E-state index contributed by atoms with van der Waals surface area (Å²) in [6.07, 6.45) is -2.43. The minimum Gasteiger partial charge on any atom is -0.368 e. The molecular weight excluding hydrogens is 414 g/mol. The smallest absolute Gasteiger partial charge is 0.368 e. The number of carbonyl (C=O) groups excluding carboxylic acids is 1. The fourth-order valence-electron chi connectivity index (χ4n) is 4.25. The maximum atomic E-state index is 14.0. The second-order valence-electron chi connectivity index (χ2n) is 8.01. The van der Waals surface area contributed by atoms with Crippen LogP contribution in [-0.2, 0) is 25.7 Å². The molecule has 0 saturated carbocycles. The molecule has 0 bridgehead atoms. The number of alkyl halides is 4. The van der Waals surface area contributed by atoms with E-state index in [9.17, 15) is 22.4 Å². The van der Waals surface area contributed by atoms with E-state index in [4.69, 9.17) is 5.73 Å². The van der Waals surface area contributed by atoms with Gasteiger partial charge in [-0.05, 0) is 48.6 Å². The Morgan fingerprint density at radius 3 is 2.77 bits per heavy atom. The number of rotatable bonds is 4. The number of amides is 1. The number of fused-ring (bicyclic) bond motifs is 1. The van der Waals surface area contributed by atoms with Crippen LogP contribution in [0.4, 0.5) is 23.2 Å². The van der Waals surface area contributed by atoms with E-state index < -0.39 is 23.9 Å². The highest BCUT2D eigenvalue weighted by atomic mass is 19.4. The first-order valence-corrected chi connectivity index (χ1v) is 10.2. The molecule has 1 unspecified atom stereocenters. The normalized spacial score (nSPS) is 19.9. The lowest BCUT2D eigenvalue weighted by Gasteiger charge is -2.36. The number of halogens is 4. The van der Waals surface area contributed by atoms with Crippen LogP contribution in [0.2, 0.25) is 0 Å². The summed E-state index contributed by atoms with van der Waals surface area (Å²) in [4.78, 5) is 23.5. The second kappa shape index (κ2) is 8.41. The van der Waals surface area contributed by atoms with Crippen LogP contribution in [0.3, 0.4) is 0 Å². The molecule has 10 heteroatoms. The molecule has 1 fully saturated rings. The molecule has 2 aliphatic rings. The number of nitrogens with zero attached hydrogens (tertiary/aromatic N) is 4. The number of pyridine rings is 2. The van der Waals surface area contributed by atoms with E-state index in [2.05, 4.69) is 9.97 Å². The van der Waals surface area contributed by atoms with Gasteiger partial charge in [0.15, 0.2) is 0 Å². The van der Waals surface area contributed by atoms with Crippen molar-refractivity contribution in [3.63, 3.8) is 0 Å². The SMILES string of the molecule is NC(=O)c1cc(N2CCCC(F)C2)c2c(n1)CN(Cc1ccnc(C(F)(F)F)c1)CC2. The zero-order valence-electron chi connectivity index (χ0n) is 16.8. The van der Waals surface area contributed by atoms with Gasteiger partial charge in [-0.3, -0.25) is 14.7 Å². The highest BCUT2D eigenvalue weighted by molar-refractivity contribution is 5.92. The number of hydrogen-bond donors (Lipinski definition) is 1. The molecule has 2 aromatic heterocycles. The third-order valence-corrected chi connectivity index (χ3v) is 5.72. The van der Waals surface area contributed by atoms with Gasteiger partial charge in [0.1, 0.15) is 17.6 Å². The lowest BCUT2D eigenvalue weighted by atomic mass is 9.98. The van der Waals surface area contributed by atoms with E-state index in [-0.39, 0.29) is 12.2 Å². The van der Waals surface area contributed by atoms with Crippen LogP contribution < -0.4 is 10.6 Å². The fourth-order valence-corrected chi connectivity index (χ4v) is 4.25. The Kier molecular flexibility index (Phi) is 5.83. The Morgan fingerprint density at radius 2 is 2.06 bits per heavy atom. The van der Waals surface area contributed by atoms with Gasteiger partial charge in [-0.15, -0.1) is 0 Å². The van der Waals surface area contributed by atoms with Crippen molar-refractivity contribution in [2.75, 3.05) is 24.5 Å². The second-order valence-corrected chi connectivity index (χ2v) is 8.01. The summed E-state index contributed by atoms with van der Waals surface area (Å²) in [7, 11) is 0. The lowest BCUT2D eigenvalue weighted by Crippen LogP contribution is -2.39. The predicted octanol–water partition coefficient (Wildman–Crippen LogP) is 3.09. The molecular formula is C21H23F4N5O. The van der Waals surface area contributed by atoms with Crippen molar-refractivity contribution < 1.29 is 22.4 Å². The quantitative estimate of drug-likeness (QED) is 0.744. The first-order chi connectivity index (χ1) is 14.7. The van der Waals surface area contributed by atoms with Gasteiger partial charge in [-0.1, -0.05) is 0 Å². The Balaban J connectivity index is 1.59. The lowest BCUT2D eigenvalue weighted by molar-refractivity contribution is -0.141. The van der Waals surface area contributed by atoms with Crippen LogP contribution in [0.15, 0.2) is 24.4 Å². The van der Waals surface area contributed by atoms with Crippen molar-refractivity contribution in [2.24, 2.45) is 5.73 Å². The van der Waals surface area contributed by atoms with Gasteiger partial charge in [0.25, 0.3) is 5.91 Å². The Labute approximate surface area is 177 Å². The third-order valence-electron chi connectivity index (χ3n) is 5.72. The maximum Gasteiger partial charge on any atom is 0.433 e. The van der Waals surface area contributed by atoms with Crippen LogP contribution >= 0.6 is 0 Å². The fraction of sp³-hybridized carbons (Fsp3) is 0.476. The van der Waals surface area contributed by atoms with Gasteiger partial charge in [0.05, 0.1) is 5.69 Å². The zero-order valence-corrected chi connectivity index (χ0v) is 16.8. The average Bonchev–Trinajstić information content (AvgIpc) is 2.72. The molecule has 2 aromatic rings. The Hall–Kier alpha value is -2.75. The van der Waals surface area contributed by atoms with Gasteiger partial charge >= 0.3 is 6.18 Å².